The van der Waals surface area contributed by atoms with Gasteiger partial charge in [-0.1, -0.05) is 6.08 Å². The van der Waals surface area contributed by atoms with E-state index in [1.54, 1.807) is 6.21 Å². The van der Waals surface area contributed by atoms with Crippen molar-refractivity contribution in [3.63, 3.8) is 0 Å². The van der Waals surface area contributed by atoms with Crippen molar-refractivity contribution in [2.75, 3.05) is 6.54 Å². The summed E-state index contributed by atoms with van der Waals surface area (Å²) in [5, 5.41) is 0. The van der Waals surface area contributed by atoms with Crippen LogP contribution in [0.25, 0.3) is 0 Å². The van der Waals surface area contributed by atoms with Gasteiger partial charge in [0.2, 0.25) is 0 Å². The molecule has 40 valence electrons. The quantitative estimate of drug-likeness (QED) is 0.464. The summed E-state index contributed by atoms with van der Waals surface area (Å²) in [4.78, 5) is 3.95. The second kappa shape index (κ2) is 5.41. The van der Waals surface area contributed by atoms with E-state index in [1.165, 1.54) is 0 Å². The van der Waals surface area contributed by atoms with Gasteiger partial charge >= 0.3 is 0 Å². The fraction of sp³-hybridized carbons (Fsp3) is 0.500. The van der Waals surface area contributed by atoms with Crippen LogP contribution in [0.4, 0.5) is 0 Å². The van der Waals surface area contributed by atoms with Crippen LogP contribution >= 0.6 is 0 Å². The van der Waals surface area contributed by atoms with Crippen LogP contribution in [0.1, 0.15) is 13.8 Å². The van der Waals surface area contributed by atoms with Crippen LogP contribution < -0.4 is 0 Å². The van der Waals surface area contributed by atoms with E-state index in [2.05, 4.69) is 4.99 Å². The number of hydrogen-bond donors (Lipinski definition) is 0. The highest BCUT2D eigenvalue weighted by Gasteiger charge is 1.57. The van der Waals surface area contributed by atoms with E-state index in [1.807, 2.05) is 26.0 Å². The smallest absolute Gasteiger partial charge is 0.0360 e. The van der Waals surface area contributed by atoms with Gasteiger partial charge in [0.1, 0.15) is 0 Å². The standard InChI is InChI=1S/C6H11N/c1-3-5-6-7-4-2/h3,5-6H,4H2,1-2H3/b5-3-,7-6-. The van der Waals surface area contributed by atoms with E-state index in [0.717, 1.165) is 6.54 Å². The van der Waals surface area contributed by atoms with Crippen molar-refractivity contribution in [3.8, 4) is 0 Å². The zero-order valence-corrected chi connectivity index (χ0v) is 4.89. The van der Waals surface area contributed by atoms with E-state index < -0.39 is 0 Å². The molecule has 1 heteroatoms. The van der Waals surface area contributed by atoms with Gasteiger partial charge in [-0.25, -0.2) is 0 Å². The van der Waals surface area contributed by atoms with E-state index >= 15 is 0 Å². The highest BCUT2D eigenvalue weighted by atomic mass is 14.7. The molecule has 0 radical (unpaired) electrons. The molecule has 0 bridgehead atoms. The van der Waals surface area contributed by atoms with Crippen molar-refractivity contribution in [2.24, 2.45) is 4.99 Å². The molecular weight excluding hydrogens is 86.1 g/mol. The van der Waals surface area contributed by atoms with Gasteiger partial charge in [-0.2, -0.15) is 0 Å². The first-order valence-corrected chi connectivity index (χ1v) is 2.53. The second-order valence-electron chi connectivity index (χ2n) is 1.17. The van der Waals surface area contributed by atoms with Crippen molar-refractivity contribution >= 4 is 6.21 Å². The first kappa shape index (κ1) is 6.41. The van der Waals surface area contributed by atoms with E-state index in [-0.39, 0.29) is 0 Å². The molecule has 0 spiro atoms. The lowest BCUT2D eigenvalue weighted by Gasteiger charge is -1.72. The van der Waals surface area contributed by atoms with Gasteiger partial charge < -0.3 is 0 Å². The third-order valence-electron chi connectivity index (χ3n) is 0.566. The molecule has 0 aliphatic rings. The molecular formula is C6H11N. The fourth-order valence-electron chi connectivity index (χ4n) is 0.252. The maximum atomic E-state index is 3.95. The number of nitrogens with zero attached hydrogens (tertiary/aromatic N) is 1. The van der Waals surface area contributed by atoms with Gasteiger partial charge in [0.05, 0.1) is 0 Å². The SMILES string of the molecule is C/C=C\C=N/CC. The topological polar surface area (TPSA) is 12.4 Å². The van der Waals surface area contributed by atoms with Gasteiger partial charge in [-0.15, -0.1) is 0 Å². The van der Waals surface area contributed by atoms with Crippen LogP contribution in [0.15, 0.2) is 17.1 Å². The Bertz CT molecular complexity index is 72.2. The molecule has 0 aromatic rings. The van der Waals surface area contributed by atoms with Gasteiger partial charge in [0.15, 0.2) is 0 Å². The third-order valence-corrected chi connectivity index (χ3v) is 0.566. The molecule has 0 N–H and O–H groups in total. The van der Waals surface area contributed by atoms with E-state index in [4.69, 9.17) is 0 Å². The lowest BCUT2D eigenvalue weighted by atomic mass is 10.6. The molecule has 0 fully saturated rings. The molecule has 0 atom stereocenters. The summed E-state index contributed by atoms with van der Waals surface area (Å²) in [7, 11) is 0. The van der Waals surface area contributed by atoms with E-state index in [9.17, 15) is 0 Å². The Morgan fingerprint density at radius 2 is 2.29 bits per heavy atom. The predicted octanol–water partition coefficient (Wildman–Crippen LogP) is 1.65. The molecule has 0 aliphatic carbocycles. The number of aliphatic imine (C=N–C) groups is 1. The number of hydrogen-bond acceptors (Lipinski definition) is 1. The largest absolute Gasteiger partial charge is 0.293 e. The maximum absolute atomic E-state index is 3.95. The minimum Gasteiger partial charge on any atom is -0.293 e. The van der Waals surface area contributed by atoms with Gasteiger partial charge in [0.25, 0.3) is 0 Å². The summed E-state index contributed by atoms with van der Waals surface area (Å²) in [6.07, 6.45) is 5.68. The summed E-state index contributed by atoms with van der Waals surface area (Å²) >= 11 is 0. The number of allylic oxidation sites excluding steroid dienone is 2. The summed E-state index contributed by atoms with van der Waals surface area (Å²) in [6.45, 7) is 4.87. The van der Waals surface area contributed by atoms with Crippen LogP contribution in [-0.4, -0.2) is 12.8 Å². The Hall–Kier alpha value is -0.590. The molecule has 0 saturated heterocycles. The van der Waals surface area contributed by atoms with Crippen LogP contribution in [0.5, 0.6) is 0 Å². The Balaban J connectivity index is 3.09. The molecule has 0 saturated carbocycles. The molecule has 0 aromatic carbocycles. The highest BCUT2D eigenvalue weighted by Crippen LogP contribution is 1.65. The van der Waals surface area contributed by atoms with Crippen molar-refractivity contribution in [1.29, 1.82) is 0 Å². The van der Waals surface area contributed by atoms with Crippen molar-refractivity contribution in [3.05, 3.63) is 12.2 Å². The van der Waals surface area contributed by atoms with Crippen LogP contribution in [0, 0.1) is 0 Å². The fourth-order valence-corrected chi connectivity index (χ4v) is 0.252. The summed E-state index contributed by atoms with van der Waals surface area (Å²) in [5.41, 5.74) is 0. The molecule has 0 heterocycles. The third kappa shape index (κ3) is 5.41. The summed E-state index contributed by atoms with van der Waals surface area (Å²) in [5.74, 6) is 0. The predicted molar refractivity (Wildman–Crippen MR) is 33.8 cm³/mol. The Morgan fingerprint density at radius 1 is 1.57 bits per heavy atom. The molecule has 0 aromatic heterocycles. The minimum absolute atomic E-state index is 0.879. The molecule has 0 rings (SSSR count). The first-order valence-electron chi connectivity index (χ1n) is 2.53. The Morgan fingerprint density at radius 3 is 2.71 bits per heavy atom. The Labute approximate surface area is 44.8 Å². The first-order chi connectivity index (χ1) is 3.41. The average Bonchev–Trinajstić information content (AvgIpc) is 1.69. The lowest BCUT2D eigenvalue weighted by Crippen LogP contribution is -1.66. The monoisotopic (exact) mass is 97.1 g/mol. The zero-order valence-electron chi connectivity index (χ0n) is 4.89. The van der Waals surface area contributed by atoms with Gasteiger partial charge in [-0.05, 0) is 19.9 Å². The van der Waals surface area contributed by atoms with Crippen molar-refractivity contribution < 1.29 is 0 Å². The lowest BCUT2D eigenvalue weighted by molar-refractivity contribution is 1.14. The second-order valence-corrected chi connectivity index (χ2v) is 1.17. The molecule has 0 aliphatic heterocycles. The molecule has 1 nitrogen and oxygen atoms in total. The van der Waals surface area contributed by atoms with Crippen LogP contribution in [0.2, 0.25) is 0 Å². The molecule has 7 heavy (non-hydrogen) atoms. The van der Waals surface area contributed by atoms with Crippen molar-refractivity contribution in [1.82, 2.24) is 0 Å². The average molecular weight is 97.2 g/mol. The van der Waals surface area contributed by atoms with Crippen LogP contribution in [0.3, 0.4) is 0 Å². The maximum Gasteiger partial charge on any atom is 0.0360 e. The minimum atomic E-state index is 0.879. The van der Waals surface area contributed by atoms with Crippen molar-refractivity contribution in [2.45, 2.75) is 13.8 Å². The molecule has 0 amide bonds. The van der Waals surface area contributed by atoms with E-state index in [0.29, 0.717) is 0 Å². The number of rotatable bonds is 2. The van der Waals surface area contributed by atoms with Gasteiger partial charge in [-0.3, -0.25) is 4.99 Å². The highest BCUT2D eigenvalue weighted by molar-refractivity contribution is 5.70. The summed E-state index contributed by atoms with van der Waals surface area (Å²) in [6, 6.07) is 0. The molecule has 0 unspecified atom stereocenters. The normalized spacial score (nSPS) is 11.7. The Kier molecular flexibility index (Phi) is 4.95. The zero-order chi connectivity index (χ0) is 5.54. The van der Waals surface area contributed by atoms with Gasteiger partial charge in [0, 0.05) is 12.8 Å². The summed E-state index contributed by atoms with van der Waals surface area (Å²) < 4.78 is 0. The van der Waals surface area contributed by atoms with Crippen LogP contribution in [-0.2, 0) is 0 Å².